The summed E-state index contributed by atoms with van der Waals surface area (Å²) in [4.78, 5) is 0. The number of rotatable bonds is 16. The maximum absolute atomic E-state index is 3.88. The number of unbranched alkanes of at least 4 members (excludes halogenated alkanes) is 14. The summed E-state index contributed by atoms with van der Waals surface area (Å²) in [7, 11) is 0. The van der Waals surface area contributed by atoms with Gasteiger partial charge in [0.25, 0.3) is 0 Å². The van der Waals surface area contributed by atoms with Gasteiger partial charge >= 0.3 is 0 Å². The standard InChI is InChI=1S/C20H39/c1-3-5-7-9-11-13-15-17-19-20-18-16-14-12-10-8-6-4-2/h15,17H,1,3-14,16,18-20H2,2H3/b17-15+. The van der Waals surface area contributed by atoms with Gasteiger partial charge < -0.3 is 0 Å². The van der Waals surface area contributed by atoms with Crippen LogP contribution < -0.4 is 0 Å². The van der Waals surface area contributed by atoms with E-state index in [1.165, 1.54) is 96.3 Å². The van der Waals surface area contributed by atoms with E-state index in [9.17, 15) is 0 Å². The van der Waals surface area contributed by atoms with E-state index < -0.39 is 0 Å². The van der Waals surface area contributed by atoms with Gasteiger partial charge in [0.15, 0.2) is 0 Å². The van der Waals surface area contributed by atoms with E-state index in [1.807, 2.05) is 0 Å². The van der Waals surface area contributed by atoms with Crippen LogP contribution in [0.1, 0.15) is 110 Å². The van der Waals surface area contributed by atoms with E-state index in [-0.39, 0.29) is 0 Å². The second kappa shape index (κ2) is 18.7. The quantitative estimate of drug-likeness (QED) is 0.201. The summed E-state index contributed by atoms with van der Waals surface area (Å²) in [5.74, 6) is 0. The summed E-state index contributed by atoms with van der Waals surface area (Å²) < 4.78 is 0. The topological polar surface area (TPSA) is 0 Å². The Morgan fingerprint density at radius 3 is 1.40 bits per heavy atom. The molecule has 119 valence electrons. The first-order valence-electron chi connectivity index (χ1n) is 9.36. The van der Waals surface area contributed by atoms with Crippen molar-refractivity contribution in [2.24, 2.45) is 0 Å². The fourth-order valence-corrected chi connectivity index (χ4v) is 2.60. The monoisotopic (exact) mass is 279 g/mol. The van der Waals surface area contributed by atoms with Gasteiger partial charge in [-0.3, -0.25) is 0 Å². The van der Waals surface area contributed by atoms with Crippen molar-refractivity contribution in [1.82, 2.24) is 0 Å². The Bertz CT molecular complexity index is 180. The molecule has 0 nitrogen and oxygen atoms in total. The first kappa shape index (κ1) is 19.7. The predicted molar refractivity (Wildman–Crippen MR) is 94.0 cm³/mol. The summed E-state index contributed by atoms with van der Waals surface area (Å²) >= 11 is 0. The summed E-state index contributed by atoms with van der Waals surface area (Å²) in [5, 5.41) is 0. The zero-order chi connectivity index (χ0) is 14.7. The Hall–Kier alpha value is -0.260. The third-order valence-corrected chi connectivity index (χ3v) is 4.01. The van der Waals surface area contributed by atoms with Crippen molar-refractivity contribution in [3.8, 4) is 0 Å². The average molecular weight is 280 g/mol. The van der Waals surface area contributed by atoms with Crippen LogP contribution in [-0.4, -0.2) is 0 Å². The van der Waals surface area contributed by atoms with Gasteiger partial charge in [0.2, 0.25) is 0 Å². The largest absolute Gasteiger partial charge is 0.0885 e. The number of hydrogen-bond donors (Lipinski definition) is 0. The van der Waals surface area contributed by atoms with E-state index in [0.717, 1.165) is 6.42 Å². The SMILES string of the molecule is [CH2]CCCCCC/C=C/CCCCCCCCCCC. The smallest absolute Gasteiger partial charge is 0.0351 e. The molecule has 0 aromatic carbocycles. The van der Waals surface area contributed by atoms with E-state index in [4.69, 9.17) is 0 Å². The Morgan fingerprint density at radius 1 is 0.550 bits per heavy atom. The summed E-state index contributed by atoms with van der Waals surface area (Å²) in [6, 6.07) is 0. The van der Waals surface area contributed by atoms with Crippen molar-refractivity contribution in [2.45, 2.75) is 110 Å². The molecule has 0 aliphatic carbocycles. The molecule has 0 bridgehead atoms. The van der Waals surface area contributed by atoms with Crippen LogP contribution in [-0.2, 0) is 0 Å². The lowest BCUT2D eigenvalue weighted by molar-refractivity contribution is 0.566. The Balaban J connectivity index is 3.01. The van der Waals surface area contributed by atoms with Crippen molar-refractivity contribution in [3.05, 3.63) is 19.1 Å². The minimum atomic E-state index is 1.11. The molecule has 1 radical (unpaired) electrons. The van der Waals surface area contributed by atoms with Crippen LogP contribution in [0.25, 0.3) is 0 Å². The van der Waals surface area contributed by atoms with E-state index >= 15 is 0 Å². The predicted octanol–water partition coefficient (Wildman–Crippen LogP) is 7.64. The molecule has 0 atom stereocenters. The molecule has 0 heteroatoms. The van der Waals surface area contributed by atoms with Gasteiger partial charge in [-0.05, 0) is 25.7 Å². The van der Waals surface area contributed by atoms with E-state index in [1.54, 1.807) is 0 Å². The van der Waals surface area contributed by atoms with Gasteiger partial charge in [-0.15, -0.1) is 0 Å². The lowest BCUT2D eigenvalue weighted by Crippen LogP contribution is -1.81. The van der Waals surface area contributed by atoms with Crippen LogP contribution in [0.15, 0.2) is 12.2 Å². The molecule has 20 heavy (non-hydrogen) atoms. The summed E-state index contributed by atoms with van der Waals surface area (Å²) in [6.07, 6.45) is 26.8. The zero-order valence-corrected chi connectivity index (χ0v) is 14.2. The van der Waals surface area contributed by atoms with Gasteiger partial charge in [-0.1, -0.05) is 103 Å². The highest BCUT2D eigenvalue weighted by atomic mass is 14.0. The molecule has 0 aromatic rings. The van der Waals surface area contributed by atoms with Gasteiger partial charge in [0.1, 0.15) is 0 Å². The van der Waals surface area contributed by atoms with Gasteiger partial charge in [-0.2, -0.15) is 0 Å². The second-order valence-electron chi connectivity index (χ2n) is 6.14. The summed E-state index contributed by atoms with van der Waals surface area (Å²) in [6.45, 7) is 6.17. The van der Waals surface area contributed by atoms with Crippen LogP contribution in [0.4, 0.5) is 0 Å². The van der Waals surface area contributed by atoms with Crippen molar-refractivity contribution >= 4 is 0 Å². The van der Waals surface area contributed by atoms with Crippen LogP contribution in [0.5, 0.6) is 0 Å². The lowest BCUT2D eigenvalue weighted by Gasteiger charge is -2.00. The van der Waals surface area contributed by atoms with E-state index in [0.29, 0.717) is 0 Å². The molecule has 0 amide bonds. The van der Waals surface area contributed by atoms with Crippen molar-refractivity contribution in [3.63, 3.8) is 0 Å². The fraction of sp³-hybridized carbons (Fsp3) is 0.850. The molecule has 0 unspecified atom stereocenters. The van der Waals surface area contributed by atoms with Gasteiger partial charge in [0.05, 0.1) is 0 Å². The maximum atomic E-state index is 3.88. The highest BCUT2D eigenvalue weighted by molar-refractivity contribution is 4.81. The Morgan fingerprint density at radius 2 is 0.950 bits per heavy atom. The average Bonchev–Trinajstić information content (AvgIpc) is 2.47. The third-order valence-electron chi connectivity index (χ3n) is 4.01. The lowest BCUT2D eigenvalue weighted by atomic mass is 10.1. The van der Waals surface area contributed by atoms with Gasteiger partial charge in [-0.25, -0.2) is 0 Å². The Kier molecular flexibility index (Phi) is 18.5. The van der Waals surface area contributed by atoms with Crippen LogP contribution in [0.2, 0.25) is 0 Å². The molecule has 0 heterocycles. The number of hydrogen-bond acceptors (Lipinski definition) is 0. The van der Waals surface area contributed by atoms with Crippen LogP contribution >= 0.6 is 0 Å². The van der Waals surface area contributed by atoms with Crippen molar-refractivity contribution < 1.29 is 0 Å². The first-order valence-corrected chi connectivity index (χ1v) is 9.36. The maximum Gasteiger partial charge on any atom is -0.0351 e. The number of allylic oxidation sites excluding steroid dienone is 2. The molecule has 0 spiro atoms. The van der Waals surface area contributed by atoms with E-state index in [2.05, 4.69) is 26.0 Å². The second-order valence-corrected chi connectivity index (χ2v) is 6.14. The molecule has 0 aliphatic heterocycles. The molecule has 0 saturated heterocycles. The molecule has 0 aliphatic rings. The van der Waals surface area contributed by atoms with Crippen molar-refractivity contribution in [2.75, 3.05) is 0 Å². The normalized spacial score (nSPS) is 11.5. The third kappa shape index (κ3) is 17.7. The molecule has 0 rings (SSSR count). The fourth-order valence-electron chi connectivity index (χ4n) is 2.60. The van der Waals surface area contributed by atoms with Gasteiger partial charge in [0, 0.05) is 0 Å². The molecular weight excluding hydrogens is 240 g/mol. The summed E-state index contributed by atoms with van der Waals surface area (Å²) in [5.41, 5.74) is 0. The molecule has 0 N–H and O–H groups in total. The van der Waals surface area contributed by atoms with Crippen molar-refractivity contribution in [1.29, 1.82) is 0 Å². The van der Waals surface area contributed by atoms with Crippen LogP contribution in [0.3, 0.4) is 0 Å². The molecule has 0 fully saturated rings. The highest BCUT2D eigenvalue weighted by Gasteiger charge is 1.91. The highest BCUT2D eigenvalue weighted by Crippen LogP contribution is 2.11. The first-order chi connectivity index (χ1) is 9.91. The molecule has 0 aromatic heterocycles. The van der Waals surface area contributed by atoms with Crippen LogP contribution in [0, 0.1) is 6.92 Å². The Labute approximate surface area is 129 Å². The minimum absolute atomic E-state index is 1.11. The molecular formula is C20H39. The molecule has 0 saturated carbocycles. The zero-order valence-electron chi connectivity index (χ0n) is 14.2. The minimum Gasteiger partial charge on any atom is -0.0885 e.